The molecule has 0 aliphatic carbocycles. The number of carboxylic acid groups (broad SMARTS) is 1. The van der Waals surface area contributed by atoms with Crippen LogP contribution < -0.4 is 5.32 Å². The van der Waals surface area contributed by atoms with Gasteiger partial charge in [-0.15, -0.1) is 11.3 Å². The Balaban J connectivity index is 2.33. The average Bonchev–Trinajstić information content (AvgIpc) is 2.85. The number of aromatic hydroxyl groups is 1. The maximum absolute atomic E-state index is 12.3. The normalized spacial score (nSPS) is 10.4. The van der Waals surface area contributed by atoms with Crippen molar-refractivity contribution in [3.05, 3.63) is 45.8 Å². The number of carboxylic acids is 1. The average molecular weight is 305 g/mol. The molecule has 0 saturated heterocycles. The van der Waals surface area contributed by atoms with Crippen molar-refractivity contribution in [2.75, 3.05) is 5.32 Å². The van der Waals surface area contributed by atoms with Gasteiger partial charge in [-0.25, -0.2) is 4.79 Å². The topological polar surface area (TPSA) is 86.6 Å². The summed E-state index contributed by atoms with van der Waals surface area (Å²) < 4.78 is 0. The van der Waals surface area contributed by atoms with Crippen molar-refractivity contribution in [3.8, 4) is 5.75 Å². The number of aryl methyl sites for hydroxylation is 1. The highest BCUT2D eigenvalue weighted by Crippen LogP contribution is 2.30. The molecular formula is C15H15NO4S. The second-order valence-electron chi connectivity index (χ2n) is 4.52. The van der Waals surface area contributed by atoms with E-state index < -0.39 is 11.9 Å². The van der Waals surface area contributed by atoms with E-state index in [1.54, 1.807) is 25.1 Å². The van der Waals surface area contributed by atoms with Gasteiger partial charge in [-0.3, -0.25) is 4.79 Å². The molecule has 0 saturated carbocycles. The predicted octanol–water partition coefficient (Wildman–Crippen LogP) is 3.28. The molecule has 0 spiro atoms. The first kappa shape index (κ1) is 15.1. The van der Waals surface area contributed by atoms with E-state index in [0.717, 1.165) is 4.88 Å². The molecule has 21 heavy (non-hydrogen) atoms. The zero-order chi connectivity index (χ0) is 15.6. The first-order chi connectivity index (χ1) is 9.93. The van der Waals surface area contributed by atoms with Crippen LogP contribution in [-0.4, -0.2) is 22.1 Å². The molecule has 0 aliphatic heterocycles. The highest BCUT2D eigenvalue weighted by molar-refractivity contribution is 7.16. The Morgan fingerprint density at radius 1 is 1.29 bits per heavy atom. The van der Waals surface area contributed by atoms with Gasteiger partial charge in [0.05, 0.1) is 5.56 Å². The Bertz CT molecular complexity index is 706. The summed E-state index contributed by atoms with van der Waals surface area (Å²) >= 11 is 1.25. The second kappa shape index (κ2) is 5.97. The van der Waals surface area contributed by atoms with Crippen molar-refractivity contribution in [2.45, 2.75) is 20.3 Å². The predicted molar refractivity (Wildman–Crippen MR) is 81.5 cm³/mol. The highest BCUT2D eigenvalue weighted by Gasteiger charge is 2.18. The van der Waals surface area contributed by atoms with E-state index in [4.69, 9.17) is 0 Å². The Hall–Kier alpha value is -2.34. The van der Waals surface area contributed by atoms with Gasteiger partial charge in [0.2, 0.25) is 0 Å². The lowest BCUT2D eigenvalue weighted by Gasteiger charge is -2.08. The van der Waals surface area contributed by atoms with E-state index in [1.807, 2.05) is 6.92 Å². The summed E-state index contributed by atoms with van der Waals surface area (Å²) in [4.78, 5) is 24.3. The summed E-state index contributed by atoms with van der Waals surface area (Å²) in [6.45, 7) is 3.55. The highest BCUT2D eigenvalue weighted by atomic mass is 32.1. The number of thiophene rings is 1. The number of carbonyl (C=O) groups excluding carboxylic acids is 1. The first-order valence-electron chi connectivity index (χ1n) is 6.40. The van der Waals surface area contributed by atoms with E-state index in [-0.39, 0.29) is 11.3 Å². The largest absolute Gasteiger partial charge is 0.508 e. The number of phenols is 1. The lowest BCUT2D eigenvalue weighted by Crippen LogP contribution is -2.14. The fraction of sp³-hybridized carbons (Fsp3) is 0.200. The Morgan fingerprint density at radius 3 is 2.62 bits per heavy atom. The lowest BCUT2D eigenvalue weighted by atomic mass is 10.1. The number of rotatable bonds is 4. The zero-order valence-electron chi connectivity index (χ0n) is 11.6. The van der Waals surface area contributed by atoms with Crippen molar-refractivity contribution in [2.24, 2.45) is 0 Å². The van der Waals surface area contributed by atoms with Crippen LogP contribution in [0.15, 0.2) is 24.3 Å². The van der Waals surface area contributed by atoms with Crippen LogP contribution in [0.1, 0.15) is 38.1 Å². The van der Waals surface area contributed by atoms with Crippen molar-refractivity contribution in [1.82, 2.24) is 0 Å². The molecule has 0 fully saturated rings. The number of amides is 1. The van der Waals surface area contributed by atoms with Crippen LogP contribution in [0.25, 0.3) is 0 Å². The van der Waals surface area contributed by atoms with E-state index in [9.17, 15) is 19.8 Å². The number of hydrogen-bond donors (Lipinski definition) is 3. The van der Waals surface area contributed by atoms with Crippen LogP contribution in [-0.2, 0) is 6.42 Å². The first-order valence-corrected chi connectivity index (χ1v) is 7.21. The smallest absolute Gasteiger partial charge is 0.338 e. The van der Waals surface area contributed by atoms with Gasteiger partial charge in [0.25, 0.3) is 5.91 Å². The SMILES string of the molecule is CCc1cc(C(=O)O)c(NC(=O)c2cccc(O)c2C)s1. The third-order valence-electron chi connectivity index (χ3n) is 3.14. The van der Waals surface area contributed by atoms with Gasteiger partial charge in [-0.05, 0) is 31.5 Å². The third-order valence-corrected chi connectivity index (χ3v) is 4.33. The number of phenolic OH excluding ortho intramolecular Hbond substituents is 1. The summed E-state index contributed by atoms with van der Waals surface area (Å²) in [5, 5.41) is 21.7. The fourth-order valence-corrected chi connectivity index (χ4v) is 2.89. The fourth-order valence-electron chi connectivity index (χ4n) is 1.91. The lowest BCUT2D eigenvalue weighted by molar-refractivity contribution is 0.0698. The maximum Gasteiger partial charge on any atom is 0.338 e. The van der Waals surface area contributed by atoms with Crippen molar-refractivity contribution < 1.29 is 19.8 Å². The van der Waals surface area contributed by atoms with Crippen LogP contribution in [0.5, 0.6) is 5.75 Å². The Morgan fingerprint density at radius 2 is 2.00 bits per heavy atom. The molecule has 1 amide bonds. The second-order valence-corrected chi connectivity index (χ2v) is 5.65. The Labute approximate surface area is 125 Å². The van der Waals surface area contributed by atoms with E-state index in [0.29, 0.717) is 22.5 Å². The van der Waals surface area contributed by atoms with Crippen LogP contribution in [0.2, 0.25) is 0 Å². The van der Waals surface area contributed by atoms with E-state index in [1.165, 1.54) is 17.4 Å². The minimum Gasteiger partial charge on any atom is -0.508 e. The summed E-state index contributed by atoms with van der Waals surface area (Å²) in [7, 11) is 0. The minimum absolute atomic E-state index is 0.0292. The summed E-state index contributed by atoms with van der Waals surface area (Å²) in [6.07, 6.45) is 0.700. The number of anilines is 1. The molecule has 110 valence electrons. The molecule has 0 aliphatic rings. The molecule has 1 aromatic carbocycles. The maximum atomic E-state index is 12.3. The van der Waals surface area contributed by atoms with Crippen molar-refractivity contribution in [3.63, 3.8) is 0 Å². The monoisotopic (exact) mass is 305 g/mol. The molecule has 0 unspecified atom stereocenters. The van der Waals surface area contributed by atoms with Crippen molar-refractivity contribution >= 4 is 28.2 Å². The van der Waals surface area contributed by atoms with Gasteiger partial charge in [0, 0.05) is 16.0 Å². The third kappa shape index (κ3) is 3.05. The number of carbonyl (C=O) groups is 2. The zero-order valence-corrected chi connectivity index (χ0v) is 12.5. The van der Waals surface area contributed by atoms with Crippen LogP contribution in [0, 0.1) is 6.92 Å². The molecule has 6 heteroatoms. The summed E-state index contributed by atoms with van der Waals surface area (Å²) in [6, 6.07) is 6.22. The Kier molecular flexibility index (Phi) is 4.28. The molecular weight excluding hydrogens is 290 g/mol. The molecule has 2 rings (SSSR count). The number of nitrogens with one attached hydrogen (secondary N) is 1. The van der Waals surface area contributed by atoms with Crippen LogP contribution >= 0.6 is 11.3 Å². The van der Waals surface area contributed by atoms with Crippen LogP contribution in [0.3, 0.4) is 0 Å². The molecule has 5 nitrogen and oxygen atoms in total. The molecule has 1 heterocycles. The van der Waals surface area contributed by atoms with Gasteiger partial charge in [-0.1, -0.05) is 13.0 Å². The van der Waals surface area contributed by atoms with Gasteiger partial charge in [-0.2, -0.15) is 0 Å². The van der Waals surface area contributed by atoms with Gasteiger partial charge in [0.15, 0.2) is 0 Å². The van der Waals surface area contributed by atoms with Crippen molar-refractivity contribution in [1.29, 1.82) is 0 Å². The molecule has 2 aromatic rings. The quantitative estimate of drug-likeness (QED) is 0.809. The molecule has 1 aromatic heterocycles. The standard InChI is InChI=1S/C15H15NO4S/c1-3-9-7-11(15(19)20)14(21-9)16-13(18)10-5-4-6-12(17)8(10)2/h4-7,17H,3H2,1-2H3,(H,16,18)(H,19,20). The molecule has 0 radical (unpaired) electrons. The summed E-state index contributed by atoms with van der Waals surface area (Å²) in [5.41, 5.74) is 0.861. The number of hydrogen-bond acceptors (Lipinski definition) is 4. The molecule has 0 atom stereocenters. The molecule has 3 N–H and O–H groups in total. The number of aromatic carboxylic acids is 1. The van der Waals surface area contributed by atoms with Gasteiger partial charge >= 0.3 is 5.97 Å². The van der Waals surface area contributed by atoms with E-state index in [2.05, 4.69) is 5.32 Å². The van der Waals surface area contributed by atoms with Gasteiger partial charge in [0.1, 0.15) is 10.8 Å². The number of benzene rings is 1. The summed E-state index contributed by atoms with van der Waals surface area (Å²) in [5.74, 6) is -1.48. The van der Waals surface area contributed by atoms with Crippen LogP contribution in [0.4, 0.5) is 5.00 Å². The minimum atomic E-state index is -1.08. The molecule has 0 bridgehead atoms. The van der Waals surface area contributed by atoms with Gasteiger partial charge < -0.3 is 15.5 Å². The van der Waals surface area contributed by atoms with E-state index >= 15 is 0 Å².